The van der Waals surface area contributed by atoms with E-state index in [4.69, 9.17) is 16.7 Å². The molecule has 9 heteroatoms. The number of anilines is 1. The molecule has 0 amide bonds. The second-order valence-electron chi connectivity index (χ2n) is 4.90. The summed E-state index contributed by atoms with van der Waals surface area (Å²) in [6, 6.07) is 1.38. The summed E-state index contributed by atoms with van der Waals surface area (Å²) < 4.78 is 54.2. The first-order valence-corrected chi connectivity index (χ1v) is 8.18. The Morgan fingerprint density at radius 1 is 1.43 bits per heavy atom. The van der Waals surface area contributed by atoms with Crippen molar-refractivity contribution in [3.05, 3.63) is 28.8 Å². The fourth-order valence-electron chi connectivity index (χ4n) is 2.23. The summed E-state index contributed by atoms with van der Waals surface area (Å²) in [5.74, 6) is -2.12. The van der Waals surface area contributed by atoms with Crippen LogP contribution in [0.1, 0.15) is 12.8 Å². The van der Waals surface area contributed by atoms with E-state index in [9.17, 15) is 17.2 Å². The van der Waals surface area contributed by atoms with Gasteiger partial charge in [-0.05, 0) is 24.8 Å². The molecule has 1 fully saturated rings. The van der Waals surface area contributed by atoms with E-state index in [1.54, 1.807) is 0 Å². The monoisotopic (exact) mass is 340 g/mol. The van der Waals surface area contributed by atoms with E-state index in [0.717, 1.165) is 16.8 Å². The number of aliphatic hydroxyl groups is 1. The van der Waals surface area contributed by atoms with Gasteiger partial charge in [-0.3, -0.25) is 4.72 Å². The van der Waals surface area contributed by atoms with Crippen molar-refractivity contribution >= 4 is 27.5 Å². The molecule has 2 rings (SSSR count). The van der Waals surface area contributed by atoms with Crippen molar-refractivity contribution < 1.29 is 22.3 Å². The van der Waals surface area contributed by atoms with Crippen LogP contribution in [0.4, 0.5) is 14.5 Å². The average Bonchev–Trinajstić information content (AvgIpc) is 2.43. The molecule has 0 aromatic heterocycles. The Bertz CT molecular complexity index is 604. The lowest BCUT2D eigenvalue weighted by Crippen LogP contribution is -2.43. The van der Waals surface area contributed by atoms with Crippen molar-refractivity contribution in [2.75, 3.05) is 24.4 Å². The zero-order valence-corrected chi connectivity index (χ0v) is 12.6. The number of piperidine rings is 1. The van der Waals surface area contributed by atoms with Crippen molar-refractivity contribution in [3.63, 3.8) is 0 Å². The zero-order valence-electron chi connectivity index (χ0n) is 11.0. The van der Waals surface area contributed by atoms with Gasteiger partial charge in [0, 0.05) is 25.8 Å². The molecule has 1 unspecified atom stereocenters. The summed E-state index contributed by atoms with van der Waals surface area (Å²) in [5, 5.41) is 8.76. The summed E-state index contributed by atoms with van der Waals surface area (Å²) in [6.45, 7) is 0.302. The van der Waals surface area contributed by atoms with Gasteiger partial charge in [-0.1, -0.05) is 11.6 Å². The molecule has 1 aromatic carbocycles. The van der Waals surface area contributed by atoms with Gasteiger partial charge in [0.15, 0.2) is 5.82 Å². The molecule has 0 bridgehead atoms. The smallest absolute Gasteiger partial charge is 0.301 e. The highest BCUT2D eigenvalue weighted by atomic mass is 35.5. The van der Waals surface area contributed by atoms with Gasteiger partial charge in [0.25, 0.3) is 0 Å². The van der Waals surface area contributed by atoms with Crippen LogP contribution in [0.25, 0.3) is 0 Å². The van der Waals surface area contributed by atoms with Gasteiger partial charge >= 0.3 is 10.2 Å². The average molecular weight is 341 g/mol. The highest BCUT2D eigenvalue weighted by Crippen LogP contribution is 2.28. The minimum absolute atomic E-state index is 0.113. The number of hydrogen-bond donors (Lipinski definition) is 2. The van der Waals surface area contributed by atoms with Gasteiger partial charge in [-0.15, -0.1) is 0 Å². The highest BCUT2D eigenvalue weighted by Gasteiger charge is 2.29. The Balaban J connectivity index is 2.22. The third-order valence-electron chi connectivity index (χ3n) is 3.32. The first kappa shape index (κ1) is 16.4. The maximum absolute atomic E-state index is 13.6. The third kappa shape index (κ3) is 3.82. The van der Waals surface area contributed by atoms with Crippen molar-refractivity contribution in [3.8, 4) is 0 Å². The molecule has 0 saturated carbocycles. The van der Waals surface area contributed by atoms with Crippen LogP contribution in [0.2, 0.25) is 5.02 Å². The Kier molecular flexibility index (Phi) is 5.03. The molecule has 5 nitrogen and oxygen atoms in total. The minimum atomic E-state index is -4.01. The summed E-state index contributed by atoms with van der Waals surface area (Å²) in [5.41, 5.74) is -0.482. The number of halogens is 3. The number of benzene rings is 1. The van der Waals surface area contributed by atoms with Gasteiger partial charge in [0.05, 0.1) is 5.02 Å². The second-order valence-corrected chi connectivity index (χ2v) is 6.98. The first-order valence-electron chi connectivity index (χ1n) is 6.37. The van der Waals surface area contributed by atoms with E-state index in [1.165, 1.54) is 0 Å². The number of nitrogens with zero attached hydrogens (tertiary/aromatic N) is 1. The summed E-state index contributed by atoms with van der Waals surface area (Å²) in [4.78, 5) is 0. The molecule has 1 aliphatic heterocycles. The maximum atomic E-state index is 13.6. The quantitative estimate of drug-likeness (QED) is 0.880. The van der Waals surface area contributed by atoms with Crippen LogP contribution >= 0.6 is 11.6 Å². The predicted molar refractivity (Wildman–Crippen MR) is 75.3 cm³/mol. The van der Waals surface area contributed by atoms with Crippen LogP contribution in [0.5, 0.6) is 0 Å². The lowest BCUT2D eigenvalue weighted by atomic mass is 10.0. The summed E-state index contributed by atoms with van der Waals surface area (Å²) >= 11 is 5.67. The van der Waals surface area contributed by atoms with E-state index in [-0.39, 0.29) is 30.6 Å². The van der Waals surface area contributed by atoms with Crippen LogP contribution in [-0.2, 0) is 10.2 Å². The molecular weight excluding hydrogens is 326 g/mol. The molecule has 1 saturated heterocycles. The number of aliphatic hydroxyl groups excluding tert-OH is 1. The van der Waals surface area contributed by atoms with Crippen LogP contribution in [0.15, 0.2) is 12.1 Å². The molecule has 1 atom stereocenters. The first-order chi connectivity index (χ1) is 9.83. The topological polar surface area (TPSA) is 69.6 Å². The standard InChI is InChI=1S/C12H15ClF2N2O3S/c13-10-4-9(14)5-11(15)12(10)16-21(19,20)17-3-1-2-8(6-17)7-18/h4-5,8,16,18H,1-3,6-7H2. The Morgan fingerprint density at radius 2 is 2.14 bits per heavy atom. The van der Waals surface area contributed by atoms with E-state index in [1.807, 2.05) is 4.72 Å². The Labute approximate surface area is 126 Å². The van der Waals surface area contributed by atoms with Gasteiger partial charge in [0.2, 0.25) is 0 Å². The number of hydrogen-bond acceptors (Lipinski definition) is 3. The zero-order chi connectivity index (χ0) is 15.6. The van der Waals surface area contributed by atoms with E-state index >= 15 is 0 Å². The molecule has 0 radical (unpaired) electrons. The molecule has 21 heavy (non-hydrogen) atoms. The Hall–Kier alpha value is -0.960. The second kappa shape index (κ2) is 6.43. The predicted octanol–water partition coefficient (Wildman–Crippen LogP) is 1.98. The van der Waals surface area contributed by atoms with Gasteiger partial charge < -0.3 is 5.11 Å². The molecule has 1 heterocycles. The normalized spacial score (nSPS) is 20.5. The third-order valence-corrected chi connectivity index (χ3v) is 5.09. The molecular formula is C12H15ClF2N2O3S. The molecule has 118 valence electrons. The van der Waals surface area contributed by atoms with Crippen molar-refractivity contribution in [1.29, 1.82) is 0 Å². The number of rotatable bonds is 4. The van der Waals surface area contributed by atoms with Gasteiger partial charge in [-0.25, -0.2) is 8.78 Å². The van der Waals surface area contributed by atoms with Crippen LogP contribution in [0, 0.1) is 17.6 Å². The molecule has 2 N–H and O–H groups in total. The highest BCUT2D eigenvalue weighted by molar-refractivity contribution is 7.90. The Morgan fingerprint density at radius 3 is 2.76 bits per heavy atom. The fraction of sp³-hybridized carbons (Fsp3) is 0.500. The molecule has 1 aliphatic rings. The van der Waals surface area contributed by atoms with Crippen molar-refractivity contribution in [2.24, 2.45) is 5.92 Å². The summed E-state index contributed by atoms with van der Waals surface area (Å²) in [6.07, 6.45) is 1.33. The molecule has 1 aromatic rings. The van der Waals surface area contributed by atoms with Crippen LogP contribution in [0.3, 0.4) is 0 Å². The lowest BCUT2D eigenvalue weighted by Gasteiger charge is -2.31. The minimum Gasteiger partial charge on any atom is -0.396 e. The maximum Gasteiger partial charge on any atom is 0.301 e. The van der Waals surface area contributed by atoms with E-state index in [0.29, 0.717) is 12.5 Å². The van der Waals surface area contributed by atoms with Crippen molar-refractivity contribution in [1.82, 2.24) is 4.31 Å². The fourth-order valence-corrected chi connectivity index (χ4v) is 3.90. The van der Waals surface area contributed by atoms with E-state index < -0.39 is 27.5 Å². The van der Waals surface area contributed by atoms with Gasteiger partial charge in [-0.2, -0.15) is 12.7 Å². The molecule has 0 aliphatic carbocycles. The number of nitrogens with one attached hydrogen (secondary N) is 1. The van der Waals surface area contributed by atoms with Gasteiger partial charge in [0.1, 0.15) is 11.5 Å². The summed E-state index contributed by atoms with van der Waals surface area (Å²) in [7, 11) is -4.01. The molecule has 0 spiro atoms. The van der Waals surface area contributed by atoms with Crippen LogP contribution in [-0.4, -0.2) is 37.5 Å². The lowest BCUT2D eigenvalue weighted by molar-refractivity contribution is 0.166. The van der Waals surface area contributed by atoms with E-state index in [2.05, 4.69) is 0 Å². The van der Waals surface area contributed by atoms with Crippen LogP contribution < -0.4 is 4.72 Å². The van der Waals surface area contributed by atoms with Crippen molar-refractivity contribution in [2.45, 2.75) is 12.8 Å². The SMILES string of the molecule is O=S(=O)(Nc1c(F)cc(F)cc1Cl)N1CCCC(CO)C1. The largest absolute Gasteiger partial charge is 0.396 e.